The summed E-state index contributed by atoms with van der Waals surface area (Å²) in [4.78, 5) is 0. The molecular formula is C10H9F16N. The minimum absolute atomic E-state index is 0. The molecule has 0 bridgehead atoms. The highest BCUT2D eigenvalue weighted by atomic mass is 19.4. The van der Waals surface area contributed by atoms with Crippen molar-refractivity contribution in [1.29, 1.82) is 0 Å². The van der Waals surface area contributed by atoms with Gasteiger partial charge in [0.2, 0.25) is 0 Å². The molecule has 17 heteroatoms. The fourth-order valence-electron chi connectivity index (χ4n) is 1.37. The van der Waals surface area contributed by atoms with Crippen LogP contribution in [0.5, 0.6) is 0 Å². The highest BCUT2D eigenvalue weighted by molar-refractivity contribution is 5.15. The SMILES string of the molecule is CC(C)(N)C(F)(F)C(F)(F)C(F)(F)C(F)(F)C(F)(F)C(F)(F)C(F)(F)F.F. The van der Waals surface area contributed by atoms with Crippen LogP contribution in [-0.2, 0) is 0 Å². The molecule has 0 aliphatic rings. The lowest BCUT2D eigenvalue weighted by atomic mass is 9.84. The Bertz CT molecular complexity index is 476. The van der Waals surface area contributed by atoms with E-state index in [9.17, 15) is 65.9 Å². The van der Waals surface area contributed by atoms with Gasteiger partial charge in [-0.15, -0.1) is 0 Å². The predicted octanol–water partition coefficient (Wildman–Crippen LogP) is 5.25. The van der Waals surface area contributed by atoms with Crippen molar-refractivity contribution in [2.45, 2.75) is 61.1 Å². The fraction of sp³-hybridized carbons (Fsp3) is 1.00. The first-order valence-electron chi connectivity index (χ1n) is 5.87. The molecule has 0 fully saturated rings. The largest absolute Gasteiger partial charge is 0.460 e. The predicted molar refractivity (Wildman–Crippen MR) is 56.5 cm³/mol. The standard InChI is InChI=1S/C10H8F15N.FH/c1-3(2,26)4(11,12)5(13,14)6(15,16)7(17,18)8(19,20)9(21,22)10(23,24)25;/h26H2,1-2H3;1H. The Morgan fingerprint density at radius 3 is 0.778 bits per heavy atom. The summed E-state index contributed by atoms with van der Waals surface area (Å²) in [6.07, 6.45) is -7.61. The Kier molecular flexibility index (Phi) is 6.69. The van der Waals surface area contributed by atoms with Gasteiger partial charge >= 0.3 is 41.7 Å². The molecule has 0 aliphatic heterocycles. The molecule has 0 heterocycles. The number of hydrogen-bond acceptors (Lipinski definition) is 1. The molecule has 0 aliphatic carbocycles. The number of nitrogens with two attached hydrogens (primary N) is 1. The second-order valence-electron chi connectivity index (χ2n) is 5.67. The Hall–Kier alpha value is -1.16. The zero-order chi connectivity index (χ0) is 22.0. The molecule has 0 saturated heterocycles. The monoisotopic (exact) mass is 447 g/mol. The summed E-state index contributed by atoms with van der Waals surface area (Å²) in [7, 11) is 0. The number of rotatable bonds is 6. The first-order chi connectivity index (χ1) is 10.8. The van der Waals surface area contributed by atoms with Crippen molar-refractivity contribution in [3.8, 4) is 0 Å². The maximum absolute atomic E-state index is 13.3. The van der Waals surface area contributed by atoms with E-state index in [1.54, 1.807) is 0 Å². The highest BCUT2D eigenvalue weighted by Gasteiger charge is 2.94. The second kappa shape index (κ2) is 6.43. The Balaban J connectivity index is 0. The van der Waals surface area contributed by atoms with E-state index in [2.05, 4.69) is 5.73 Å². The van der Waals surface area contributed by atoms with Gasteiger partial charge in [0.25, 0.3) is 0 Å². The van der Waals surface area contributed by atoms with Gasteiger partial charge in [-0.1, -0.05) is 0 Å². The fourth-order valence-corrected chi connectivity index (χ4v) is 1.37. The van der Waals surface area contributed by atoms with Crippen LogP contribution in [-0.4, -0.2) is 47.3 Å². The second-order valence-corrected chi connectivity index (χ2v) is 5.67. The summed E-state index contributed by atoms with van der Waals surface area (Å²) in [5.41, 5.74) is 0.572. The van der Waals surface area contributed by atoms with Crippen molar-refractivity contribution in [2.75, 3.05) is 0 Å². The summed E-state index contributed by atoms with van der Waals surface area (Å²) in [6.45, 7) is -0.283. The smallest absolute Gasteiger partial charge is 0.320 e. The first kappa shape index (κ1) is 28.1. The average molecular weight is 447 g/mol. The van der Waals surface area contributed by atoms with E-state index in [4.69, 9.17) is 0 Å². The van der Waals surface area contributed by atoms with Crippen LogP contribution in [0, 0.1) is 0 Å². The van der Waals surface area contributed by atoms with E-state index < -0.39 is 47.3 Å². The topological polar surface area (TPSA) is 26.0 Å². The lowest BCUT2D eigenvalue weighted by Crippen LogP contribution is -2.75. The summed E-state index contributed by atoms with van der Waals surface area (Å²) >= 11 is 0. The maximum atomic E-state index is 13.3. The van der Waals surface area contributed by atoms with Gasteiger partial charge < -0.3 is 5.73 Å². The molecule has 0 aromatic rings. The van der Waals surface area contributed by atoms with E-state index in [0.29, 0.717) is 0 Å². The lowest BCUT2D eigenvalue weighted by molar-refractivity contribution is -0.454. The molecule has 2 N–H and O–H groups in total. The molecule has 0 radical (unpaired) electrons. The van der Waals surface area contributed by atoms with Crippen LogP contribution < -0.4 is 5.73 Å². The Labute approximate surface area is 139 Å². The minimum atomic E-state index is -8.28. The zero-order valence-corrected chi connectivity index (χ0v) is 12.7. The van der Waals surface area contributed by atoms with E-state index in [1.165, 1.54) is 0 Å². The molecule has 0 aromatic heterocycles. The summed E-state index contributed by atoms with van der Waals surface area (Å²) in [6, 6.07) is 0. The third kappa shape index (κ3) is 3.39. The van der Waals surface area contributed by atoms with E-state index in [0.717, 1.165) is 0 Å². The van der Waals surface area contributed by atoms with E-state index in [1.807, 2.05) is 0 Å². The van der Waals surface area contributed by atoms with Gasteiger partial charge in [-0.2, -0.15) is 65.9 Å². The molecule has 0 amide bonds. The van der Waals surface area contributed by atoms with Crippen molar-refractivity contribution in [2.24, 2.45) is 5.73 Å². The van der Waals surface area contributed by atoms with Gasteiger partial charge in [0.15, 0.2) is 0 Å². The van der Waals surface area contributed by atoms with Gasteiger partial charge in [-0.05, 0) is 13.8 Å². The van der Waals surface area contributed by atoms with Gasteiger partial charge in [-0.25, -0.2) is 0 Å². The quantitative estimate of drug-likeness (QED) is 0.554. The molecular weight excluding hydrogens is 438 g/mol. The van der Waals surface area contributed by atoms with Crippen molar-refractivity contribution >= 4 is 0 Å². The van der Waals surface area contributed by atoms with Crippen LogP contribution in [0.4, 0.5) is 70.6 Å². The third-order valence-electron chi connectivity index (χ3n) is 3.14. The van der Waals surface area contributed by atoms with Crippen molar-refractivity contribution in [1.82, 2.24) is 0 Å². The minimum Gasteiger partial charge on any atom is -0.320 e. The van der Waals surface area contributed by atoms with Crippen LogP contribution in [0.15, 0.2) is 0 Å². The summed E-state index contributed by atoms with van der Waals surface area (Å²) < 4.78 is 192. The third-order valence-corrected chi connectivity index (χ3v) is 3.14. The average Bonchev–Trinajstić information content (AvgIpc) is 2.34. The van der Waals surface area contributed by atoms with Gasteiger partial charge in [0.05, 0.1) is 5.54 Å². The highest BCUT2D eigenvalue weighted by Crippen LogP contribution is 2.63. The van der Waals surface area contributed by atoms with Crippen molar-refractivity contribution in [3.63, 3.8) is 0 Å². The van der Waals surface area contributed by atoms with Gasteiger partial charge in [-0.3, -0.25) is 4.70 Å². The Morgan fingerprint density at radius 1 is 0.407 bits per heavy atom. The van der Waals surface area contributed by atoms with Crippen LogP contribution in [0.1, 0.15) is 13.8 Å². The van der Waals surface area contributed by atoms with Crippen LogP contribution >= 0.6 is 0 Å². The molecule has 0 saturated carbocycles. The molecule has 1 nitrogen and oxygen atoms in total. The molecule has 0 aromatic carbocycles. The molecule has 27 heavy (non-hydrogen) atoms. The Morgan fingerprint density at radius 2 is 0.593 bits per heavy atom. The van der Waals surface area contributed by atoms with Gasteiger partial charge in [0.1, 0.15) is 0 Å². The first-order valence-corrected chi connectivity index (χ1v) is 5.87. The number of halogens is 16. The molecule has 166 valence electrons. The van der Waals surface area contributed by atoms with Crippen LogP contribution in [0.2, 0.25) is 0 Å². The number of hydrogen-bond donors (Lipinski definition) is 1. The van der Waals surface area contributed by atoms with Gasteiger partial charge in [0, 0.05) is 0 Å². The zero-order valence-electron chi connectivity index (χ0n) is 12.7. The van der Waals surface area contributed by atoms with Crippen LogP contribution in [0.3, 0.4) is 0 Å². The summed E-state index contributed by atoms with van der Waals surface area (Å²) in [5, 5.41) is 0. The van der Waals surface area contributed by atoms with Crippen molar-refractivity contribution < 1.29 is 70.6 Å². The van der Waals surface area contributed by atoms with E-state index in [-0.39, 0.29) is 18.6 Å². The molecule has 0 rings (SSSR count). The lowest BCUT2D eigenvalue weighted by Gasteiger charge is -2.44. The normalized spacial score (nSPS) is 16.2. The molecule has 0 unspecified atom stereocenters. The molecule has 0 atom stereocenters. The number of alkyl halides is 15. The van der Waals surface area contributed by atoms with Crippen molar-refractivity contribution in [3.05, 3.63) is 0 Å². The summed E-state index contributed by atoms with van der Waals surface area (Å²) in [5.74, 6) is -46.6. The maximum Gasteiger partial charge on any atom is 0.460 e. The molecule has 0 spiro atoms. The van der Waals surface area contributed by atoms with Crippen LogP contribution in [0.25, 0.3) is 0 Å². The van der Waals surface area contributed by atoms with E-state index >= 15 is 0 Å².